The molecule has 4 aromatic rings. The molecule has 3 nitrogen and oxygen atoms in total. The number of benzene rings is 4. The zero-order valence-corrected chi connectivity index (χ0v) is 21.5. The van der Waals surface area contributed by atoms with Gasteiger partial charge in [0, 0.05) is 15.9 Å². The van der Waals surface area contributed by atoms with Crippen LogP contribution < -0.4 is 21.4 Å². The average Bonchev–Trinajstić information content (AvgIpc) is 3.11. The molecule has 1 saturated heterocycles. The molecule has 0 saturated carbocycles. The first kappa shape index (κ1) is 23.8. The molecular weight excluding hydrogens is 450 g/mol. The number of hydrogen-bond acceptors (Lipinski definition) is 3. The van der Waals surface area contributed by atoms with Gasteiger partial charge in [-0.05, 0) is 50.4 Å². The zero-order chi connectivity index (χ0) is 24.7. The molecule has 1 aliphatic heterocycles. The van der Waals surface area contributed by atoms with Gasteiger partial charge in [-0.15, -0.1) is 0 Å². The van der Waals surface area contributed by atoms with Crippen LogP contribution in [-0.4, -0.2) is 18.3 Å². The summed E-state index contributed by atoms with van der Waals surface area (Å²) >= 11 is 0. The van der Waals surface area contributed by atoms with Crippen molar-refractivity contribution in [3.05, 3.63) is 109 Å². The molecule has 1 heterocycles. The maximum Gasteiger partial charge on any atom is 0.494 e. The Balaban J connectivity index is 1.51. The van der Waals surface area contributed by atoms with Crippen molar-refractivity contribution in [3.63, 3.8) is 0 Å². The maximum atomic E-state index is 14.7. The van der Waals surface area contributed by atoms with Crippen LogP contribution in [0, 0.1) is 0 Å². The van der Waals surface area contributed by atoms with Gasteiger partial charge in [-0.3, -0.25) is 0 Å². The van der Waals surface area contributed by atoms with E-state index in [2.05, 4.69) is 64.1 Å². The summed E-state index contributed by atoms with van der Waals surface area (Å²) in [5.41, 5.74) is 2.32. The lowest BCUT2D eigenvalue weighted by atomic mass is 9.78. The molecule has 176 valence electrons. The van der Waals surface area contributed by atoms with Crippen LogP contribution in [0.1, 0.15) is 27.7 Å². The second-order valence-electron chi connectivity index (χ2n) is 10.0. The lowest BCUT2D eigenvalue weighted by molar-refractivity contribution is 0.00578. The fourth-order valence-electron chi connectivity index (χ4n) is 4.42. The van der Waals surface area contributed by atoms with Gasteiger partial charge in [-0.2, -0.15) is 0 Å². The van der Waals surface area contributed by atoms with E-state index in [0.717, 1.165) is 32.5 Å². The number of hydrogen-bond donors (Lipinski definition) is 0. The van der Waals surface area contributed by atoms with E-state index in [-0.39, 0.29) is 11.2 Å². The minimum atomic E-state index is -3.02. The van der Waals surface area contributed by atoms with Crippen LogP contribution in [0.2, 0.25) is 0 Å². The molecule has 0 aromatic heterocycles. The van der Waals surface area contributed by atoms with Crippen molar-refractivity contribution in [1.82, 2.24) is 0 Å². The van der Waals surface area contributed by atoms with Gasteiger partial charge in [-0.1, -0.05) is 103 Å². The van der Waals surface area contributed by atoms with Gasteiger partial charge < -0.3 is 13.9 Å². The van der Waals surface area contributed by atoms with E-state index in [1.54, 1.807) is 0 Å². The first-order valence-electron chi connectivity index (χ1n) is 12.0. The van der Waals surface area contributed by atoms with Crippen molar-refractivity contribution in [1.29, 1.82) is 0 Å². The molecule has 0 amide bonds. The molecule has 1 fully saturated rings. The van der Waals surface area contributed by atoms with Crippen LogP contribution in [0.5, 0.6) is 0 Å². The minimum Gasteiger partial charge on any atom is -0.399 e. The first-order chi connectivity index (χ1) is 16.7. The van der Waals surface area contributed by atoms with Crippen molar-refractivity contribution < 1.29 is 13.9 Å². The topological polar surface area (TPSA) is 35.5 Å². The lowest BCUT2D eigenvalue weighted by Crippen LogP contribution is -2.41. The van der Waals surface area contributed by atoms with Crippen LogP contribution in [0.4, 0.5) is 0 Å². The van der Waals surface area contributed by atoms with Gasteiger partial charge in [0.15, 0.2) is 7.14 Å². The summed E-state index contributed by atoms with van der Waals surface area (Å²) in [6, 6.07) is 35.9. The molecule has 0 radical (unpaired) electrons. The molecule has 5 rings (SSSR count). The molecule has 0 spiro atoms. The monoisotopic (exact) mass is 480 g/mol. The highest BCUT2D eigenvalue weighted by Gasteiger charge is 2.51. The smallest absolute Gasteiger partial charge is 0.399 e. The first-order valence-corrected chi connectivity index (χ1v) is 13.7. The highest BCUT2D eigenvalue weighted by atomic mass is 31.2. The van der Waals surface area contributed by atoms with E-state index in [9.17, 15) is 4.57 Å². The van der Waals surface area contributed by atoms with E-state index in [1.807, 2.05) is 72.8 Å². The van der Waals surface area contributed by atoms with Crippen LogP contribution >= 0.6 is 7.14 Å². The van der Waals surface area contributed by atoms with E-state index < -0.39 is 14.3 Å². The Morgan fingerprint density at radius 1 is 0.571 bits per heavy atom. The van der Waals surface area contributed by atoms with E-state index >= 15 is 0 Å². The second kappa shape index (κ2) is 8.95. The third kappa shape index (κ3) is 4.32. The van der Waals surface area contributed by atoms with Gasteiger partial charge >= 0.3 is 7.12 Å². The molecule has 35 heavy (non-hydrogen) atoms. The third-order valence-corrected chi connectivity index (χ3v) is 10.3. The molecule has 0 atom stereocenters. The third-order valence-electron chi connectivity index (χ3n) is 7.22. The fraction of sp³-hybridized carbons (Fsp3) is 0.200. The Morgan fingerprint density at radius 2 is 1.06 bits per heavy atom. The summed E-state index contributed by atoms with van der Waals surface area (Å²) < 4.78 is 27.1. The van der Waals surface area contributed by atoms with E-state index in [0.29, 0.717) is 0 Å². The Kier molecular flexibility index (Phi) is 6.09. The van der Waals surface area contributed by atoms with Gasteiger partial charge in [-0.25, -0.2) is 0 Å². The highest BCUT2D eigenvalue weighted by molar-refractivity contribution is 7.85. The average molecular weight is 480 g/mol. The summed E-state index contributed by atoms with van der Waals surface area (Å²) in [5.74, 6) is 0. The molecule has 0 aliphatic carbocycles. The van der Waals surface area contributed by atoms with Gasteiger partial charge in [0.25, 0.3) is 0 Å². The Bertz CT molecular complexity index is 1310. The molecule has 0 bridgehead atoms. The second-order valence-corrected chi connectivity index (χ2v) is 12.8. The Hall–Kier alpha value is -2.91. The van der Waals surface area contributed by atoms with E-state index in [4.69, 9.17) is 9.31 Å². The van der Waals surface area contributed by atoms with Crippen molar-refractivity contribution in [2.45, 2.75) is 38.9 Å². The standard InChI is InChI=1S/C30H30BO3P/c1-29(2)30(3,4)34-31(33-29)25-20-18-23(19-21-25)24-12-11-17-28(22-24)35(32,26-13-7-5-8-14-26)27-15-9-6-10-16-27/h5-22H,1-4H3. The summed E-state index contributed by atoms with van der Waals surface area (Å²) in [4.78, 5) is 0. The maximum absolute atomic E-state index is 14.7. The lowest BCUT2D eigenvalue weighted by Gasteiger charge is -2.32. The van der Waals surface area contributed by atoms with Gasteiger partial charge in [0.05, 0.1) is 11.2 Å². The summed E-state index contributed by atoms with van der Waals surface area (Å²) in [5, 5.41) is 2.49. The van der Waals surface area contributed by atoms with Crippen molar-refractivity contribution in [2.75, 3.05) is 0 Å². The molecule has 4 aromatic carbocycles. The molecular formula is C30H30BO3P. The van der Waals surface area contributed by atoms with Crippen LogP contribution in [0.15, 0.2) is 109 Å². The van der Waals surface area contributed by atoms with Crippen molar-refractivity contribution in [2.24, 2.45) is 0 Å². The van der Waals surface area contributed by atoms with Crippen LogP contribution in [0.25, 0.3) is 11.1 Å². The fourth-order valence-corrected chi connectivity index (χ4v) is 7.11. The predicted molar refractivity (Wildman–Crippen MR) is 147 cm³/mol. The van der Waals surface area contributed by atoms with Gasteiger partial charge in [0.1, 0.15) is 0 Å². The Labute approximate surface area is 208 Å². The van der Waals surface area contributed by atoms with Crippen molar-refractivity contribution >= 4 is 35.6 Å². The molecule has 5 heteroatoms. The zero-order valence-electron chi connectivity index (χ0n) is 20.6. The van der Waals surface area contributed by atoms with Crippen molar-refractivity contribution in [3.8, 4) is 11.1 Å². The summed E-state index contributed by atoms with van der Waals surface area (Å²) in [6.07, 6.45) is 0. The summed E-state index contributed by atoms with van der Waals surface area (Å²) in [6.45, 7) is 8.24. The van der Waals surface area contributed by atoms with Crippen LogP contribution in [-0.2, 0) is 13.9 Å². The minimum absolute atomic E-state index is 0.374. The molecule has 0 unspecified atom stereocenters. The molecule has 0 N–H and O–H groups in total. The molecule has 1 aliphatic rings. The Morgan fingerprint density at radius 3 is 1.57 bits per heavy atom. The normalized spacial score (nSPS) is 16.9. The highest BCUT2D eigenvalue weighted by Crippen LogP contribution is 2.43. The number of rotatable bonds is 5. The van der Waals surface area contributed by atoms with Gasteiger partial charge in [0.2, 0.25) is 0 Å². The predicted octanol–water partition coefficient (Wildman–Crippen LogP) is 5.29. The SMILES string of the molecule is CC1(C)OB(c2ccc(-c3cccc(P(=O)(c4ccccc4)c4ccccc4)c3)cc2)OC1(C)C. The van der Waals surface area contributed by atoms with E-state index in [1.165, 1.54) is 0 Å². The van der Waals surface area contributed by atoms with Crippen LogP contribution in [0.3, 0.4) is 0 Å². The quantitative estimate of drug-likeness (QED) is 0.288. The summed E-state index contributed by atoms with van der Waals surface area (Å²) in [7, 11) is -3.41. The largest absolute Gasteiger partial charge is 0.494 e.